The summed E-state index contributed by atoms with van der Waals surface area (Å²) < 4.78 is 23.9. The first-order chi connectivity index (χ1) is 7.98. The van der Waals surface area contributed by atoms with Crippen LogP contribution in [-0.4, -0.2) is 26.0 Å². The molecule has 1 aliphatic rings. The number of nitrogens with two attached hydrogens (primary N) is 1. The van der Waals surface area contributed by atoms with Gasteiger partial charge >= 0.3 is 0 Å². The van der Waals surface area contributed by atoms with Gasteiger partial charge in [0.2, 0.25) is 9.84 Å². The molecule has 0 aliphatic carbocycles. The van der Waals surface area contributed by atoms with Crippen LogP contribution in [0.25, 0.3) is 6.08 Å². The van der Waals surface area contributed by atoms with E-state index in [2.05, 4.69) is 0 Å². The monoisotopic (exact) mass is 253 g/mol. The summed E-state index contributed by atoms with van der Waals surface area (Å²) in [6.45, 7) is -0.0871. The highest BCUT2D eigenvalue weighted by Gasteiger charge is 2.33. The van der Waals surface area contributed by atoms with Crippen LogP contribution in [0.4, 0.5) is 0 Å². The fourth-order valence-corrected chi connectivity index (χ4v) is 3.37. The standard InChI is InChI=1S/C11H11NO4S/c12-11(14)10-6-8-7(4-5-13)2-1-3-9(8)17(10,15)16/h1-3,6,13H,4-5H2,(H2,12,14). The van der Waals surface area contributed by atoms with Crippen molar-refractivity contribution in [2.45, 2.75) is 11.3 Å². The summed E-state index contributed by atoms with van der Waals surface area (Å²) in [4.78, 5) is 10.8. The van der Waals surface area contributed by atoms with Gasteiger partial charge in [-0.15, -0.1) is 0 Å². The van der Waals surface area contributed by atoms with Gasteiger partial charge in [0, 0.05) is 6.61 Å². The van der Waals surface area contributed by atoms with E-state index in [1.54, 1.807) is 12.1 Å². The Morgan fingerprint density at radius 2 is 2.06 bits per heavy atom. The van der Waals surface area contributed by atoms with Crippen LogP contribution in [0.1, 0.15) is 11.1 Å². The van der Waals surface area contributed by atoms with Crippen molar-refractivity contribution in [2.75, 3.05) is 6.61 Å². The van der Waals surface area contributed by atoms with Gasteiger partial charge in [-0.1, -0.05) is 12.1 Å². The van der Waals surface area contributed by atoms with Crippen molar-refractivity contribution in [3.05, 3.63) is 34.2 Å². The molecule has 1 aliphatic heterocycles. The molecule has 90 valence electrons. The predicted molar refractivity (Wildman–Crippen MR) is 61.6 cm³/mol. The number of aliphatic hydroxyl groups excluding tert-OH is 1. The lowest BCUT2D eigenvalue weighted by Crippen LogP contribution is -2.18. The number of aliphatic hydroxyl groups is 1. The molecule has 0 radical (unpaired) electrons. The van der Waals surface area contributed by atoms with Crippen LogP contribution < -0.4 is 5.73 Å². The van der Waals surface area contributed by atoms with E-state index in [0.717, 1.165) is 0 Å². The molecule has 5 nitrogen and oxygen atoms in total. The number of carbonyl (C=O) groups excluding carboxylic acids is 1. The first-order valence-corrected chi connectivity index (χ1v) is 6.46. The van der Waals surface area contributed by atoms with Gasteiger partial charge in [0.1, 0.15) is 4.91 Å². The molecule has 1 heterocycles. The third-order valence-electron chi connectivity index (χ3n) is 2.63. The summed E-state index contributed by atoms with van der Waals surface area (Å²) in [5.74, 6) is -0.962. The summed E-state index contributed by atoms with van der Waals surface area (Å²) in [5, 5.41) is 8.89. The number of carbonyl (C=O) groups is 1. The maximum atomic E-state index is 12.0. The molecule has 17 heavy (non-hydrogen) atoms. The summed E-state index contributed by atoms with van der Waals surface area (Å²) in [6, 6.07) is 4.72. The third kappa shape index (κ3) is 1.75. The van der Waals surface area contributed by atoms with Gasteiger partial charge in [-0.2, -0.15) is 0 Å². The van der Waals surface area contributed by atoms with E-state index in [1.165, 1.54) is 12.1 Å². The quantitative estimate of drug-likeness (QED) is 0.781. The maximum Gasteiger partial charge on any atom is 0.260 e. The highest BCUT2D eigenvalue weighted by molar-refractivity contribution is 7.96. The maximum absolute atomic E-state index is 12.0. The molecule has 0 spiro atoms. The van der Waals surface area contributed by atoms with Gasteiger partial charge in [-0.25, -0.2) is 8.42 Å². The zero-order valence-corrected chi connectivity index (χ0v) is 9.70. The molecule has 3 N–H and O–H groups in total. The molecule has 1 aromatic carbocycles. The molecule has 1 amide bonds. The zero-order valence-electron chi connectivity index (χ0n) is 8.88. The van der Waals surface area contributed by atoms with Gasteiger partial charge < -0.3 is 10.8 Å². The minimum absolute atomic E-state index is 0.0808. The first-order valence-electron chi connectivity index (χ1n) is 4.98. The molecule has 0 aromatic heterocycles. The van der Waals surface area contributed by atoms with E-state index in [0.29, 0.717) is 17.5 Å². The Balaban J connectivity index is 2.68. The Kier molecular flexibility index (Phi) is 2.76. The molecule has 0 unspecified atom stereocenters. The third-order valence-corrected chi connectivity index (χ3v) is 4.47. The van der Waals surface area contributed by atoms with Crippen LogP contribution >= 0.6 is 0 Å². The van der Waals surface area contributed by atoms with Crippen molar-refractivity contribution in [2.24, 2.45) is 5.73 Å². The SMILES string of the molecule is NC(=O)C1=Cc2c(CCO)cccc2S1(=O)=O. The highest BCUT2D eigenvalue weighted by Crippen LogP contribution is 2.34. The fraction of sp³-hybridized carbons (Fsp3) is 0.182. The van der Waals surface area contributed by atoms with Gasteiger partial charge in [-0.3, -0.25) is 4.79 Å². The molecule has 0 bridgehead atoms. The summed E-state index contributed by atoms with van der Waals surface area (Å²) in [7, 11) is -3.78. The van der Waals surface area contributed by atoms with Crippen molar-refractivity contribution in [3.8, 4) is 0 Å². The summed E-state index contributed by atoms with van der Waals surface area (Å²) >= 11 is 0. The average Bonchev–Trinajstić information content (AvgIpc) is 2.53. The lowest BCUT2D eigenvalue weighted by molar-refractivity contribution is -0.113. The lowest BCUT2D eigenvalue weighted by Gasteiger charge is -2.04. The molecule has 0 saturated carbocycles. The molecule has 0 saturated heterocycles. The normalized spacial score (nSPS) is 16.4. The van der Waals surface area contributed by atoms with Gasteiger partial charge in [0.25, 0.3) is 5.91 Å². The van der Waals surface area contributed by atoms with Crippen LogP contribution in [0.2, 0.25) is 0 Å². The number of fused-ring (bicyclic) bond motifs is 1. The van der Waals surface area contributed by atoms with Crippen LogP contribution in [-0.2, 0) is 21.1 Å². The Labute approximate surface area is 98.5 Å². The number of rotatable bonds is 3. The number of hydrogen-bond donors (Lipinski definition) is 2. The Hall–Kier alpha value is -1.66. The predicted octanol–water partition coefficient (Wildman–Crippen LogP) is -0.165. The number of primary amides is 1. The second-order valence-electron chi connectivity index (χ2n) is 3.68. The Bertz CT molecular complexity index is 616. The number of hydrogen-bond acceptors (Lipinski definition) is 4. The molecule has 2 rings (SSSR count). The number of amides is 1. The van der Waals surface area contributed by atoms with E-state index in [4.69, 9.17) is 10.8 Å². The van der Waals surface area contributed by atoms with Gasteiger partial charge in [0.15, 0.2) is 0 Å². The van der Waals surface area contributed by atoms with Crippen molar-refractivity contribution in [3.63, 3.8) is 0 Å². The minimum atomic E-state index is -3.78. The van der Waals surface area contributed by atoms with Crippen LogP contribution in [0, 0.1) is 0 Å². The number of sulfone groups is 1. The van der Waals surface area contributed by atoms with E-state index in [-0.39, 0.29) is 11.5 Å². The molecule has 6 heteroatoms. The summed E-state index contributed by atoms with van der Waals surface area (Å²) in [6.07, 6.45) is 1.61. The first kappa shape index (κ1) is 11.8. The highest BCUT2D eigenvalue weighted by atomic mass is 32.2. The Morgan fingerprint density at radius 3 is 2.65 bits per heavy atom. The second kappa shape index (κ2) is 3.97. The average molecular weight is 253 g/mol. The summed E-state index contributed by atoms with van der Waals surface area (Å²) in [5.41, 5.74) is 6.18. The molecular formula is C11H11NO4S. The molecular weight excluding hydrogens is 242 g/mol. The Morgan fingerprint density at radius 1 is 1.35 bits per heavy atom. The minimum Gasteiger partial charge on any atom is -0.396 e. The smallest absolute Gasteiger partial charge is 0.260 e. The van der Waals surface area contributed by atoms with Crippen molar-refractivity contribution >= 4 is 21.8 Å². The van der Waals surface area contributed by atoms with Crippen molar-refractivity contribution in [1.82, 2.24) is 0 Å². The van der Waals surface area contributed by atoms with Crippen LogP contribution in [0.3, 0.4) is 0 Å². The largest absolute Gasteiger partial charge is 0.396 e. The second-order valence-corrected chi connectivity index (χ2v) is 5.57. The van der Waals surface area contributed by atoms with Crippen molar-refractivity contribution < 1.29 is 18.3 Å². The van der Waals surface area contributed by atoms with E-state index < -0.39 is 20.6 Å². The topological polar surface area (TPSA) is 97.5 Å². The van der Waals surface area contributed by atoms with Crippen LogP contribution in [0.15, 0.2) is 28.0 Å². The van der Waals surface area contributed by atoms with Crippen LogP contribution in [0.5, 0.6) is 0 Å². The van der Waals surface area contributed by atoms with E-state index in [9.17, 15) is 13.2 Å². The molecule has 1 aromatic rings. The van der Waals surface area contributed by atoms with E-state index in [1.807, 2.05) is 0 Å². The fourth-order valence-electron chi connectivity index (χ4n) is 1.86. The van der Waals surface area contributed by atoms with Gasteiger partial charge in [0.05, 0.1) is 4.90 Å². The number of benzene rings is 1. The zero-order chi connectivity index (χ0) is 12.6. The molecule has 0 fully saturated rings. The van der Waals surface area contributed by atoms with E-state index >= 15 is 0 Å². The van der Waals surface area contributed by atoms with Crippen molar-refractivity contribution in [1.29, 1.82) is 0 Å². The lowest BCUT2D eigenvalue weighted by atomic mass is 10.0. The molecule has 0 atom stereocenters. The van der Waals surface area contributed by atoms with Gasteiger partial charge in [-0.05, 0) is 29.7 Å².